The number of aromatic amines is 1. The van der Waals surface area contributed by atoms with E-state index in [0.717, 1.165) is 17.7 Å². The fourth-order valence-corrected chi connectivity index (χ4v) is 3.50. The van der Waals surface area contributed by atoms with Crippen molar-refractivity contribution >= 4 is 17.4 Å². The van der Waals surface area contributed by atoms with Crippen LogP contribution in [0.5, 0.6) is 0 Å². The minimum absolute atomic E-state index is 0.0752. The van der Waals surface area contributed by atoms with Crippen LogP contribution in [-0.4, -0.2) is 9.97 Å². The molecule has 26 heavy (non-hydrogen) atoms. The molecule has 1 heterocycles. The van der Waals surface area contributed by atoms with Gasteiger partial charge in [0.05, 0.1) is 12.3 Å². The first-order chi connectivity index (χ1) is 12.7. The molecule has 1 aromatic heterocycles. The molecule has 3 aromatic rings. The third kappa shape index (κ3) is 4.41. The highest BCUT2D eigenvalue weighted by molar-refractivity contribution is 7.98. The monoisotopic (exact) mass is 361 g/mol. The summed E-state index contributed by atoms with van der Waals surface area (Å²) >= 11 is 1.48. The molecule has 130 valence electrons. The SMILES string of the molecule is [C-]#[N+]c1c(Cc2ccccc2)nc(SCc2cccc(CC)c2)[nH]c1=O. The van der Waals surface area contributed by atoms with E-state index < -0.39 is 0 Å². The van der Waals surface area contributed by atoms with Crippen LogP contribution < -0.4 is 5.56 Å². The first-order valence-electron chi connectivity index (χ1n) is 8.44. The van der Waals surface area contributed by atoms with Gasteiger partial charge >= 0.3 is 0 Å². The molecular weight excluding hydrogens is 342 g/mol. The van der Waals surface area contributed by atoms with E-state index in [2.05, 4.69) is 39.9 Å². The zero-order chi connectivity index (χ0) is 18.4. The lowest BCUT2D eigenvalue weighted by atomic mass is 10.1. The van der Waals surface area contributed by atoms with Gasteiger partial charge in [0.25, 0.3) is 11.2 Å². The van der Waals surface area contributed by atoms with Crippen LogP contribution in [0.25, 0.3) is 4.85 Å². The number of hydrogen-bond donors (Lipinski definition) is 1. The Balaban J connectivity index is 1.84. The number of thioether (sulfide) groups is 1. The molecule has 0 aliphatic heterocycles. The van der Waals surface area contributed by atoms with Crippen molar-refractivity contribution in [2.24, 2.45) is 0 Å². The average molecular weight is 361 g/mol. The van der Waals surface area contributed by atoms with Crippen molar-refractivity contribution in [2.45, 2.75) is 30.7 Å². The predicted molar refractivity (Wildman–Crippen MR) is 106 cm³/mol. The first-order valence-corrected chi connectivity index (χ1v) is 9.43. The van der Waals surface area contributed by atoms with E-state index in [1.807, 2.05) is 36.4 Å². The highest BCUT2D eigenvalue weighted by Crippen LogP contribution is 2.23. The van der Waals surface area contributed by atoms with Gasteiger partial charge in [-0.3, -0.25) is 4.79 Å². The lowest BCUT2D eigenvalue weighted by Gasteiger charge is -2.07. The Labute approximate surface area is 157 Å². The van der Waals surface area contributed by atoms with Crippen LogP contribution in [-0.2, 0) is 18.6 Å². The van der Waals surface area contributed by atoms with Gasteiger partial charge in [0, 0.05) is 12.2 Å². The fraction of sp³-hybridized carbons (Fsp3) is 0.190. The lowest BCUT2D eigenvalue weighted by Crippen LogP contribution is -2.11. The minimum atomic E-state index is -0.370. The number of aryl methyl sites for hydroxylation is 1. The van der Waals surface area contributed by atoms with E-state index in [4.69, 9.17) is 6.57 Å². The van der Waals surface area contributed by atoms with Crippen molar-refractivity contribution in [1.29, 1.82) is 0 Å². The summed E-state index contributed by atoms with van der Waals surface area (Å²) in [4.78, 5) is 22.9. The van der Waals surface area contributed by atoms with Crippen LogP contribution in [0.15, 0.2) is 64.5 Å². The van der Waals surface area contributed by atoms with Gasteiger partial charge in [0.2, 0.25) is 0 Å². The second-order valence-electron chi connectivity index (χ2n) is 5.90. The fourth-order valence-electron chi connectivity index (χ4n) is 2.68. The van der Waals surface area contributed by atoms with Crippen LogP contribution >= 0.6 is 11.8 Å². The minimum Gasteiger partial charge on any atom is -0.311 e. The molecule has 5 heteroatoms. The Morgan fingerprint density at radius 3 is 2.54 bits per heavy atom. The van der Waals surface area contributed by atoms with Crippen molar-refractivity contribution in [1.82, 2.24) is 9.97 Å². The number of nitrogens with zero attached hydrogens (tertiary/aromatic N) is 2. The molecule has 0 saturated carbocycles. The smallest absolute Gasteiger partial charge is 0.271 e. The number of H-pyrrole nitrogens is 1. The van der Waals surface area contributed by atoms with Crippen LogP contribution in [0.2, 0.25) is 0 Å². The summed E-state index contributed by atoms with van der Waals surface area (Å²) in [7, 11) is 0. The Hall–Kier alpha value is -2.84. The molecule has 0 unspecified atom stereocenters. The average Bonchev–Trinajstić information content (AvgIpc) is 2.67. The third-order valence-corrected chi connectivity index (χ3v) is 4.99. The summed E-state index contributed by atoms with van der Waals surface area (Å²) in [5.41, 5.74) is 3.74. The maximum Gasteiger partial charge on any atom is 0.271 e. The molecule has 0 bridgehead atoms. The van der Waals surface area contributed by atoms with E-state index in [1.165, 1.54) is 22.9 Å². The van der Waals surface area contributed by atoms with Gasteiger partial charge in [-0.05, 0) is 23.1 Å². The quantitative estimate of drug-likeness (QED) is 0.391. The third-order valence-electron chi connectivity index (χ3n) is 4.05. The Morgan fingerprint density at radius 2 is 1.81 bits per heavy atom. The molecule has 4 nitrogen and oxygen atoms in total. The maximum atomic E-state index is 12.3. The Morgan fingerprint density at radius 1 is 1.08 bits per heavy atom. The van der Waals surface area contributed by atoms with Crippen LogP contribution in [0.4, 0.5) is 5.69 Å². The molecule has 0 aliphatic rings. The van der Waals surface area contributed by atoms with Gasteiger partial charge in [-0.2, -0.15) is 0 Å². The summed E-state index contributed by atoms with van der Waals surface area (Å²) < 4.78 is 0. The molecule has 0 fully saturated rings. The highest BCUT2D eigenvalue weighted by Gasteiger charge is 2.13. The van der Waals surface area contributed by atoms with Crippen molar-refractivity contribution in [3.05, 3.63) is 98.8 Å². The van der Waals surface area contributed by atoms with E-state index in [-0.39, 0.29) is 11.2 Å². The highest BCUT2D eigenvalue weighted by atomic mass is 32.2. The van der Waals surface area contributed by atoms with Gasteiger partial charge in [0.15, 0.2) is 5.16 Å². The molecule has 3 rings (SSSR count). The van der Waals surface area contributed by atoms with Gasteiger partial charge in [0.1, 0.15) is 0 Å². The van der Waals surface area contributed by atoms with Gasteiger partial charge in [-0.15, -0.1) is 0 Å². The van der Waals surface area contributed by atoms with Crippen molar-refractivity contribution < 1.29 is 0 Å². The summed E-state index contributed by atoms with van der Waals surface area (Å²) in [6.07, 6.45) is 1.47. The first kappa shape index (κ1) is 18.0. The van der Waals surface area contributed by atoms with Crippen molar-refractivity contribution in [2.75, 3.05) is 0 Å². The maximum absolute atomic E-state index is 12.3. The van der Waals surface area contributed by atoms with E-state index >= 15 is 0 Å². The zero-order valence-electron chi connectivity index (χ0n) is 14.5. The summed E-state index contributed by atoms with van der Waals surface area (Å²) in [5, 5.41) is 0.551. The zero-order valence-corrected chi connectivity index (χ0v) is 15.3. The van der Waals surface area contributed by atoms with Crippen LogP contribution in [0.1, 0.15) is 29.3 Å². The summed E-state index contributed by atoms with van der Waals surface area (Å²) in [6, 6.07) is 18.2. The van der Waals surface area contributed by atoms with E-state index in [9.17, 15) is 4.79 Å². The van der Waals surface area contributed by atoms with E-state index in [1.54, 1.807) is 0 Å². The predicted octanol–water partition coefficient (Wildman–Crippen LogP) is 4.77. The largest absolute Gasteiger partial charge is 0.311 e. The number of benzene rings is 2. The standard InChI is InChI=1S/C21H19N3OS/c1-3-15-10-7-11-17(12-15)14-26-21-23-18(19(22-2)20(25)24-21)13-16-8-5-4-6-9-16/h4-12H,3,13-14H2,1H3,(H,23,24,25). The van der Waals surface area contributed by atoms with Crippen LogP contribution in [0.3, 0.4) is 0 Å². The van der Waals surface area contributed by atoms with Gasteiger partial charge < -0.3 is 4.98 Å². The topological polar surface area (TPSA) is 50.1 Å². The van der Waals surface area contributed by atoms with Crippen molar-refractivity contribution in [3.8, 4) is 0 Å². The van der Waals surface area contributed by atoms with E-state index in [0.29, 0.717) is 17.3 Å². The Bertz CT molecular complexity index is 990. The second-order valence-corrected chi connectivity index (χ2v) is 6.87. The van der Waals surface area contributed by atoms with Gasteiger partial charge in [-0.25, -0.2) is 9.83 Å². The van der Waals surface area contributed by atoms with Crippen LogP contribution in [0, 0.1) is 6.57 Å². The van der Waals surface area contributed by atoms with Crippen molar-refractivity contribution in [3.63, 3.8) is 0 Å². The summed E-state index contributed by atoms with van der Waals surface area (Å²) in [6.45, 7) is 9.43. The number of rotatable bonds is 6. The molecule has 0 saturated heterocycles. The molecule has 0 atom stereocenters. The molecule has 0 radical (unpaired) electrons. The molecular formula is C21H19N3OS. The number of hydrogen-bond acceptors (Lipinski definition) is 3. The number of aromatic nitrogens is 2. The normalized spacial score (nSPS) is 10.5. The number of nitrogens with one attached hydrogen (secondary N) is 1. The van der Waals surface area contributed by atoms with Gasteiger partial charge in [-0.1, -0.05) is 73.3 Å². The Kier molecular flexibility index (Phi) is 5.88. The molecule has 0 spiro atoms. The second kappa shape index (κ2) is 8.50. The molecule has 1 N–H and O–H groups in total. The molecule has 0 amide bonds. The molecule has 0 aliphatic carbocycles. The summed E-state index contributed by atoms with van der Waals surface area (Å²) in [5.74, 6) is 0.721. The lowest BCUT2D eigenvalue weighted by molar-refractivity contribution is 0.888. The molecule has 2 aromatic carbocycles.